The first-order valence-corrected chi connectivity index (χ1v) is 6.14. The maximum Gasteiger partial charge on any atom is 0.326 e. The minimum absolute atomic E-state index is 0.503. The van der Waals surface area contributed by atoms with E-state index in [0.29, 0.717) is 18.0 Å². The Bertz CT molecular complexity index is 406. The number of aliphatic carboxylic acids is 1. The zero-order valence-electron chi connectivity index (χ0n) is 10.4. The predicted octanol–water partition coefficient (Wildman–Crippen LogP) is 3.34. The molecule has 4 heteroatoms. The molecule has 1 N–H and O–H groups in total. The minimum atomic E-state index is -0.797. The van der Waals surface area contributed by atoms with Crippen molar-refractivity contribution in [1.82, 2.24) is 0 Å². The van der Waals surface area contributed by atoms with E-state index >= 15 is 0 Å². The van der Waals surface area contributed by atoms with Crippen molar-refractivity contribution in [1.29, 1.82) is 0 Å². The van der Waals surface area contributed by atoms with Crippen LogP contribution in [0.4, 0.5) is 5.69 Å². The molecule has 1 aromatic carbocycles. The summed E-state index contributed by atoms with van der Waals surface area (Å²) in [5, 5.41) is 9.85. The third-order valence-corrected chi connectivity index (χ3v) is 3.10. The van der Waals surface area contributed by atoms with Crippen LogP contribution in [-0.2, 0) is 4.79 Å². The smallest absolute Gasteiger partial charge is 0.326 e. The normalized spacial score (nSPS) is 12.2. The molecule has 0 aliphatic rings. The van der Waals surface area contributed by atoms with Crippen LogP contribution in [0.3, 0.4) is 0 Å². The lowest BCUT2D eigenvalue weighted by atomic mass is 10.1. The number of hydrogen-bond acceptors (Lipinski definition) is 2. The summed E-state index contributed by atoms with van der Waals surface area (Å²) in [7, 11) is 0. The number of carboxylic acids is 1. The van der Waals surface area contributed by atoms with Crippen molar-refractivity contribution in [2.45, 2.75) is 33.2 Å². The second kappa shape index (κ2) is 5.92. The first-order chi connectivity index (χ1) is 8.01. The van der Waals surface area contributed by atoms with Gasteiger partial charge in [-0.15, -0.1) is 0 Å². The molecule has 94 valence electrons. The highest BCUT2D eigenvalue weighted by atomic mass is 35.5. The zero-order chi connectivity index (χ0) is 13.0. The average molecular weight is 256 g/mol. The Hall–Kier alpha value is -1.22. The summed E-state index contributed by atoms with van der Waals surface area (Å²) in [5.41, 5.74) is 1.94. The third-order valence-electron chi connectivity index (χ3n) is 2.87. The van der Waals surface area contributed by atoms with Gasteiger partial charge >= 0.3 is 5.97 Å². The number of anilines is 1. The van der Waals surface area contributed by atoms with E-state index in [4.69, 9.17) is 11.6 Å². The van der Waals surface area contributed by atoms with Gasteiger partial charge in [-0.3, -0.25) is 0 Å². The third kappa shape index (κ3) is 3.13. The second-order valence-electron chi connectivity index (χ2n) is 3.98. The Morgan fingerprint density at radius 1 is 1.47 bits per heavy atom. The lowest BCUT2D eigenvalue weighted by molar-refractivity contribution is -0.138. The van der Waals surface area contributed by atoms with E-state index in [-0.39, 0.29) is 0 Å². The molecule has 0 saturated carbocycles. The van der Waals surface area contributed by atoms with Gasteiger partial charge in [0.1, 0.15) is 6.04 Å². The summed E-state index contributed by atoms with van der Waals surface area (Å²) in [6, 6.07) is 5.05. The molecule has 0 heterocycles. The molecular weight excluding hydrogens is 238 g/mol. The van der Waals surface area contributed by atoms with Crippen LogP contribution in [0, 0.1) is 6.92 Å². The number of likely N-dealkylation sites (N-methyl/N-ethyl adjacent to an activating group) is 1. The van der Waals surface area contributed by atoms with Crippen LogP contribution < -0.4 is 4.90 Å². The van der Waals surface area contributed by atoms with Crippen LogP contribution in [0.15, 0.2) is 18.2 Å². The van der Waals surface area contributed by atoms with Crippen molar-refractivity contribution in [2.24, 2.45) is 0 Å². The Labute approximate surface area is 107 Å². The summed E-state index contributed by atoms with van der Waals surface area (Å²) in [4.78, 5) is 13.1. The molecule has 0 fully saturated rings. The molecule has 0 aromatic heterocycles. The molecule has 0 saturated heterocycles. The lowest BCUT2D eigenvalue weighted by Gasteiger charge is -2.30. The van der Waals surface area contributed by atoms with E-state index < -0.39 is 12.0 Å². The number of benzene rings is 1. The van der Waals surface area contributed by atoms with Crippen molar-refractivity contribution >= 4 is 23.3 Å². The molecule has 1 aromatic rings. The van der Waals surface area contributed by atoms with Crippen molar-refractivity contribution < 1.29 is 9.90 Å². The second-order valence-corrected chi connectivity index (χ2v) is 4.42. The first-order valence-electron chi connectivity index (χ1n) is 5.76. The Morgan fingerprint density at radius 2 is 2.12 bits per heavy atom. The van der Waals surface area contributed by atoms with Gasteiger partial charge in [-0.2, -0.15) is 0 Å². The molecule has 1 rings (SSSR count). The van der Waals surface area contributed by atoms with Crippen LogP contribution in [0.5, 0.6) is 0 Å². The van der Waals surface area contributed by atoms with E-state index in [9.17, 15) is 9.90 Å². The highest BCUT2D eigenvalue weighted by Gasteiger charge is 2.23. The van der Waals surface area contributed by atoms with Crippen LogP contribution in [0.25, 0.3) is 0 Å². The minimum Gasteiger partial charge on any atom is -0.480 e. The average Bonchev–Trinajstić information content (AvgIpc) is 2.28. The Balaban J connectivity index is 3.16. The SMILES string of the molecule is CC[C@H](C(=O)O)N(CC)c1cc(Cl)ccc1C. The number of carboxylic acid groups (broad SMARTS) is 1. The fourth-order valence-corrected chi connectivity index (χ4v) is 2.15. The van der Waals surface area contributed by atoms with Crippen LogP contribution in [0.1, 0.15) is 25.8 Å². The number of nitrogens with zero attached hydrogens (tertiary/aromatic N) is 1. The van der Waals surface area contributed by atoms with Gasteiger partial charge in [-0.25, -0.2) is 4.79 Å². The van der Waals surface area contributed by atoms with Crippen molar-refractivity contribution in [3.05, 3.63) is 28.8 Å². The molecular formula is C13H18ClNO2. The van der Waals surface area contributed by atoms with Crippen molar-refractivity contribution in [3.8, 4) is 0 Å². The monoisotopic (exact) mass is 255 g/mol. The number of rotatable bonds is 5. The van der Waals surface area contributed by atoms with Gasteiger partial charge in [0.05, 0.1) is 0 Å². The van der Waals surface area contributed by atoms with E-state index in [1.807, 2.05) is 43.9 Å². The van der Waals surface area contributed by atoms with Gasteiger partial charge in [0.2, 0.25) is 0 Å². The fourth-order valence-electron chi connectivity index (χ4n) is 1.98. The molecule has 0 radical (unpaired) electrons. The van der Waals surface area contributed by atoms with Gasteiger partial charge in [-0.1, -0.05) is 24.6 Å². The molecule has 17 heavy (non-hydrogen) atoms. The molecule has 0 aliphatic carbocycles. The van der Waals surface area contributed by atoms with E-state index in [2.05, 4.69) is 0 Å². The predicted molar refractivity (Wildman–Crippen MR) is 70.9 cm³/mol. The highest BCUT2D eigenvalue weighted by Crippen LogP contribution is 2.26. The first kappa shape index (κ1) is 13.8. The summed E-state index contributed by atoms with van der Waals surface area (Å²) < 4.78 is 0. The van der Waals surface area contributed by atoms with Crippen LogP contribution in [0.2, 0.25) is 5.02 Å². The molecule has 0 aliphatic heterocycles. The number of aryl methyl sites for hydroxylation is 1. The molecule has 0 unspecified atom stereocenters. The van der Waals surface area contributed by atoms with E-state index in [0.717, 1.165) is 11.3 Å². The number of hydrogen-bond donors (Lipinski definition) is 1. The van der Waals surface area contributed by atoms with Crippen LogP contribution >= 0.6 is 11.6 Å². The van der Waals surface area contributed by atoms with Crippen LogP contribution in [-0.4, -0.2) is 23.7 Å². The molecule has 1 atom stereocenters. The van der Waals surface area contributed by atoms with Gasteiger partial charge in [0.25, 0.3) is 0 Å². The summed E-state index contributed by atoms with van der Waals surface area (Å²) >= 11 is 5.97. The number of carbonyl (C=O) groups is 1. The lowest BCUT2D eigenvalue weighted by Crippen LogP contribution is -2.41. The summed E-state index contributed by atoms with van der Waals surface area (Å²) in [5.74, 6) is -0.797. The Morgan fingerprint density at radius 3 is 2.59 bits per heavy atom. The topological polar surface area (TPSA) is 40.5 Å². The van der Waals surface area contributed by atoms with Gasteiger partial charge in [0.15, 0.2) is 0 Å². The largest absolute Gasteiger partial charge is 0.480 e. The van der Waals surface area contributed by atoms with Gasteiger partial charge in [0, 0.05) is 17.3 Å². The maximum absolute atomic E-state index is 11.2. The standard InChI is InChI=1S/C13H18ClNO2/c1-4-11(13(16)17)15(5-2)12-8-10(14)7-6-9(12)3/h6-8,11H,4-5H2,1-3H3,(H,16,17)/t11-/m1/s1. The highest BCUT2D eigenvalue weighted by molar-refractivity contribution is 6.30. The fraction of sp³-hybridized carbons (Fsp3) is 0.462. The molecule has 0 bridgehead atoms. The van der Waals surface area contributed by atoms with E-state index in [1.54, 1.807) is 0 Å². The molecule has 3 nitrogen and oxygen atoms in total. The maximum atomic E-state index is 11.2. The quantitative estimate of drug-likeness (QED) is 0.877. The zero-order valence-corrected chi connectivity index (χ0v) is 11.2. The van der Waals surface area contributed by atoms with Crippen molar-refractivity contribution in [3.63, 3.8) is 0 Å². The summed E-state index contributed by atoms with van der Waals surface area (Å²) in [6.45, 7) is 6.43. The summed E-state index contributed by atoms with van der Waals surface area (Å²) in [6.07, 6.45) is 0.565. The Kier molecular flexibility index (Phi) is 4.82. The molecule has 0 spiro atoms. The van der Waals surface area contributed by atoms with Gasteiger partial charge < -0.3 is 10.0 Å². The van der Waals surface area contributed by atoms with Crippen molar-refractivity contribution in [2.75, 3.05) is 11.4 Å². The number of halogens is 1. The van der Waals surface area contributed by atoms with Gasteiger partial charge in [-0.05, 0) is 38.0 Å². The molecule has 0 amide bonds. The van der Waals surface area contributed by atoms with E-state index in [1.165, 1.54) is 0 Å².